The van der Waals surface area contributed by atoms with Crippen LogP contribution in [0.4, 0.5) is 11.4 Å². The van der Waals surface area contributed by atoms with Crippen molar-refractivity contribution in [3.63, 3.8) is 0 Å². The monoisotopic (exact) mass is 396 g/mol. The Morgan fingerprint density at radius 2 is 1.88 bits per heavy atom. The molecule has 1 N–H and O–H groups in total. The van der Waals surface area contributed by atoms with E-state index in [4.69, 9.17) is 16.3 Å². The normalized spacial score (nSPS) is 12.3. The van der Waals surface area contributed by atoms with Crippen molar-refractivity contribution in [1.82, 2.24) is 0 Å². The zero-order valence-corrected chi connectivity index (χ0v) is 16.3. The predicted octanol–water partition coefficient (Wildman–Crippen LogP) is 3.53. The van der Waals surface area contributed by atoms with E-state index in [-0.39, 0.29) is 0 Å². The predicted molar refractivity (Wildman–Crippen MR) is 104 cm³/mol. The summed E-state index contributed by atoms with van der Waals surface area (Å²) >= 11 is 5.93. The Balaban J connectivity index is 2.35. The number of hydrogen-bond acceptors (Lipinski definition) is 4. The molecule has 0 radical (unpaired) electrons. The molecule has 1 amide bonds. The number of halogens is 1. The fraction of sp³-hybridized carbons (Fsp3) is 0.278. The van der Waals surface area contributed by atoms with Crippen LogP contribution in [0.15, 0.2) is 48.5 Å². The van der Waals surface area contributed by atoms with E-state index in [1.165, 1.54) is 7.11 Å². The third-order valence-electron chi connectivity index (χ3n) is 3.75. The molecule has 8 heteroatoms. The molecule has 2 aromatic rings. The van der Waals surface area contributed by atoms with Gasteiger partial charge in [0, 0.05) is 10.7 Å². The van der Waals surface area contributed by atoms with Gasteiger partial charge in [0.15, 0.2) is 0 Å². The highest BCUT2D eigenvalue weighted by atomic mass is 35.5. The van der Waals surface area contributed by atoms with Crippen molar-refractivity contribution in [2.45, 2.75) is 19.4 Å². The van der Waals surface area contributed by atoms with Crippen LogP contribution in [-0.4, -0.2) is 33.7 Å². The number of hydrogen-bond donors (Lipinski definition) is 1. The summed E-state index contributed by atoms with van der Waals surface area (Å²) in [5.74, 6) is 0.162. The molecule has 140 valence electrons. The minimum absolute atomic E-state index is 0.297. The standard InChI is InChI=1S/C18H21ClN2O4S/c1-4-17(18(22)20-14-7-5-6-13(19)12-14)21(26(3,23)24)15-8-10-16(25-2)11-9-15/h5-12,17H,4H2,1-3H3,(H,20,22). The number of benzene rings is 2. The number of nitrogens with zero attached hydrogens (tertiary/aromatic N) is 1. The van der Waals surface area contributed by atoms with Crippen LogP contribution in [0.3, 0.4) is 0 Å². The third-order valence-corrected chi connectivity index (χ3v) is 5.16. The van der Waals surface area contributed by atoms with E-state index in [0.717, 1.165) is 10.6 Å². The molecule has 2 aromatic carbocycles. The number of nitrogens with one attached hydrogen (secondary N) is 1. The summed E-state index contributed by atoms with van der Waals surface area (Å²) in [7, 11) is -2.16. The molecule has 0 aromatic heterocycles. The largest absolute Gasteiger partial charge is 0.497 e. The van der Waals surface area contributed by atoms with Crippen molar-refractivity contribution in [3.05, 3.63) is 53.6 Å². The second-order valence-electron chi connectivity index (χ2n) is 5.68. The molecular weight excluding hydrogens is 376 g/mol. The van der Waals surface area contributed by atoms with Crippen LogP contribution in [0.1, 0.15) is 13.3 Å². The molecule has 26 heavy (non-hydrogen) atoms. The van der Waals surface area contributed by atoms with E-state index in [0.29, 0.717) is 28.6 Å². The van der Waals surface area contributed by atoms with Gasteiger partial charge in [0.2, 0.25) is 15.9 Å². The minimum Gasteiger partial charge on any atom is -0.497 e. The molecule has 0 aliphatic carbocycles. The van der Waals surface area contributed by atoms with Crippen LogP contribution < -0.4 is 14.4 Å². The Kier molecular flexibility index (Phi) is 6.50. The summed E-state index contributed by atoms with van der Waals surface area (Å²) in [4.78, 5) is 12.8. The fourth-order valence-electron chi connectivity index (χ4n) is 2.58. The summed E-state index contributed by atoms with van der Waals surface area (Å²) < 4.78 is 31.0. The fourth-order valence-corrected chi connectivity index (χ4v) is 3.98. The van der Waals surface area contributed by atoms with Crippen molar-refractivity contribution in [2.24, 2.45) is 0 Å². The molecule has 0 spiro atoms. The van der Waals surface area contributed by atoms with Crippen LogP contribution in [0.25, 0.3) is 0 Å². The van der Waals surface area contributed by atoms with Crippen molar-refractivity contribution >= 4 is 38.9 Å². The van der Waals surface area contributed by atoms with Crippen molar-refractivity contribution in [3.8, 4) is 5.75 Å². The van der Waals surface area contributed by atoms with E-state index in [2.05, 4.69) is 5.32 Å². The zero-order chi connectivity index (χ0) is 19.3. The first kappa shape index (κ1) is 20.1. The third kappa shape index (κ3) is 4.89. The highest BCUT2D eigenvalue weighted by Crippen LogP contribution is 2.26. The van der Waals surface area contributed by atoms with Crippen molar-refractivity contribution < 1.29 is 17.9 Å². The lowest BCUT2D eigenvalue weighted by Gasteiger charge is -2.30. The maximum absolute atomic E-state index is 12.8. The maximum atomic E-state index is 12.8. The van der Waals surface area contributed by atoms with E-state index in [9.17, 15) is 13.2 Å². The molecule has 0 saturated heterocycles. The lowest BCUT2D eigenvalue weighted by molar-refractivity contribution is -0.117. The number of methoxy groups -OCH3 is 1. The molecule has 0 fully saturated rings. The zero-order valence-electron chi connectivity index (χ0n) is 14.8. The van der Waals surface area contributed by atoms with Crippen molar-refractivity contribution in [2.75, 3.05) is 23.0 Å². The lowest BCUT2D eigenvalue weighted by atomic mass is 10.1. The summed E-state index contributed by atoms with van der Waals surface area (Å²) in [5.41, 5.74) is 0.894. The number of amides is 1. The number of ether oxygens (including phenoxy) is 1. The Bertz CT molecular complexity index is 869. The smallest absolute Gasteiger partial charge is 0.248 e. The van der Waals surface area contributed by atoms with Gasteiger partial charge in [-0.05, 0) is 48.9 Å². The van der Waals surface area contributed by atoms with Gasteiger partial charge in [0.05, 0.1) is 19.1 Å². The first-order valence-corrected chi connectivity index (χ1v) is 10.2. The average Bonchev–Trinajstić information content (AvgIpc) is 2.58. The van der Waals surface area contributed by atoms with E-state index in [1.807, 2.05) is 0 Å². The van der Waals surface area contributed by atoms with Crippen LogP contribution in [0.5, 0.6) is 5.75 Å². The van der Waals surface area contributed by atoms with Gasteiger partial charge in [0.1, 0.15) is 11.8 Å². The Labute approximate surface area is 158 Å². The van der Waals surface area contributed by atoms with Crippen LogP contribution in [-0.2, 0) is 14.8 Å². The quantitative estimate of drug-likeness (QED) is 0.776. The lowest BCUT2D eigenvalue weighted by Crippen LogP contribution is -2.46. The molecule has 0 bridgehead atoms. The minimum atomic E-state index is -3.69. The second-order valence-corrected chi connectivity index (χ2v) is 7.98. The van der Waals surface area contributed by atoms with Gasteiger partial charge in [-0.1, -0.05) is 24.6 Å². The molecule has 0 saturated carbocycles. The van der Waals surface area contributed by atoms with Gasteiger partial charge in [0.25, 0.3) is 0 Å². The Morgan fingerprint density at radius 3 is 2.38 bits per heavy atom. The first-order chi connectivity index (χ1) is 12.3. The van der Waals surface area contributed by atoms with E-state index < -0.39 is 22.0 Å². The highest BCUT2D eigenvalue weighted by molar-refractivity contribution is 7.92. The average molecular weight is 397 g/mol. The van der Waals surface area contributed by atoms with Crippen LogP contribution in [0, 0.1) is 0 Å². The van der Waals surface area contributed by atoms with E-state index >= 15 is 0 Å². The number of carbonyl (C=O) groups excluding carboxylic acids is 1. The molecule has 0 aliphatic rings. The van der Waals surface area contributed by atoms with Gasteiger partial charge in [-0.3, -0.25) is 9.10 Å². The van der Waals surface area contributed by atoms with Crippen LogP contribution >= 0.6 is 11.6 Å². The Hall–Kier alpha value is -2.25. The van der Waals surface area contributed by atoms with Gasteiger partial charge in [-0.2, -0.15) is 0 Å². The molecule has 1 unspecified atom stereocenters. The molecule has 1 atom stereocenters. The van der Waals surface area contributed by atoms with Gasteiger partial charge in [-0.25, -0.2) is 8.42 Å². The van der Waals surface area contributed by atoms with Gasteiger partial charge in [-0.15, -0.1) is 0 Å². The topological polar surface area (TPSA) is 75.7 Å². The Morgan fingerprint density at radius 1 is 1.23 bits per heavy atom. The van der Waals surface area contributed by atoms with Gasteiger partial charge < -0.3 is 10.1 Å². The summed E-state index contributed by atoms with van der Waals surface area (Å²) in [6.45, 7) is 1.75. The molecule has 0 aliphatic heterocycles. The molecular formula is C18H21ClN2O4S. The summed E-state index contributed by atoms with van der Waals surface area (Å²) in [6.07, 6.45) is 1.37. The molecule has 2 rings (SSSR count). The number of anilines is 2. The molecule has 6 nitrogen and oxygen atoms in total. The molecule has 0 heterocycles. The van der Waals surface area contributed by atoms with Crippen molar-refractivity contribution in [1.29, 1.82) is 0 Å². The number of rotatable bonds is 7. The van der Waals surface area contributed by atoms with Crippen LogP contribution in [0.2, 0.25) is 5.02 Å². The second kappa shape index (κ2) is 8.42. The maximum Gasteiger partial charge on any atom is 0.248 e. The van der Waals surface area contributed by atoms with Gasteiger partial charge >= 0.3 is 0 Å². The van der Waals surface area contributed by atoms with E-state index in [1.54, 1.807) is 55.5 Å². The summed E-state index contributed by atoms with van der Waals surface area (Å²) in [6, 6.07) is 12.3. The highest BCUT2D eigenvalue weighted by Gasteiger charge is 2.31. The number of carbonyl (C=O) groups is 1. The summed E-state index contributed by atoms with van der Waals surface area (Å²) in [5, 5.41) is 3.20. The first-order valence-electron chi connectivity index (χ1n) is 7.96. The SMILES string of the molecule is CCC(C(=O)Nc1cccc(Cl)c1)N(c1ccc(OC)cc1)S(C)(=O)=O. The number of sulfonamides is 1.